The van der Waals surface area contributed by atoms with Crippen molar-refractivity contribution >= 4 is 5.91 Å². The van der Waals surface area contributed by atoms with Crippen LogP contribution in [0.25, 0.3) is 0 Å². The van der Waals surface area contributed by atoms with Gasteiger partial charge in [-0.3, -0.25) is 9.69 Å². The largest absolute Gasteiger partial charge is 0.379 e. The normalized spacial score (nSPS) is 26.5. The molecule has 6 heteroatoms. The lowest BCUT2D eigenvalue weighted by molar-refractivity contribution is 0.0433. The molecule has 0 saturated carbocycles. The zero-order valence-corrected chi connectivity index (χ0v) is 11.9. The molecule has 2 aliphatic heterocycles. The van der Waals surface area contributed by atoms with E-state index in [-0.39, 0.29) is 23.4 Å². The molecule has 2 heterocycles. The van der Waals surface area contributed by atoms with Gasteiger partial charge in [0.2, 0.25) is 0 Å². The van der Waals surface area contributed by atoms with Gasteiger partial charge in [0.1, 0.15) is 11.6 Å². The summed E-state index contributed by atoms with van der Waals surface area (Å²) in [4.78, 5) is 16.4. The molecular weight excluding hydrogens is 278 g/mol. The number of hydrogen-bond donors (Lipinski definition) is 0. The second kappa shape index (κ2) is 5.69. The fraction of sp³-hybridized carbons (Fsp3) is 0.533. The van der Waals surface area contributed by atoms with Gasteiger partial charge in [-0.05, 0) is 19.2 Å². The lowest BCUT2D eigenvalue weighted by atomic mass is 10.1. The molecule has 2 fully saturated rings. The Morgan fingerprint density at radius 1 is 1.14 bits per heavy atom. The number of nitrogens with zero attached hydrogens (tertiary/aromatic N) is 2. The van der Waals surface area contributed by atoms with E-state index in [1.54, 1.807) is 4.90 Å². The maximum Gasteiger partial charge on any atom is 0.254 e. The molecule has 114 valence electrons. The van der Waals surface area contributed by atoms with E-state index in [1.165, 1.54) is 0 Å². The number of fused-ring (bicyclic) bond motifs is 3. The summed E-state index contributed by atoms with van der Waals surface area (Å²) < 4.78 is 32.2. The van der Waals surface area contributed by atoms with Gasteiger partial charge >= 0.3 is 0 Å². The van der Waals surface area contributed by atoms with E-state index in [1.807, 2.05) is 7.05 Å². The minimum atomic E-state index is -0.728. The predicted octanol–water partition coefficient (Wildman–Crippen LogP) is 1.37. The number of ether oxygens (including phenoxy) is 1. The van der Waals surface area contributed by atoms with Crippen LogP contribution in [0.2, 0.25) is 0 Å². The molecule has 2 bridgehead atoms. The van der Waals surface area contributed by atoms with Crippen molar-refractivity contribution in [2.45, 2.75) is 6.04 Å². The highest BCUT2D eigenvalue weighted by atomic mass is 19.1. The van der Waals surface area contributed by atoms with Crippen molar-refractivity contribution in [3.8, 4) is 0 Å². The predicted molar refractivity (Wildman–Crippen MR) is 73.0 cm³/mol. The van der Waals surface area contributed by atoms with Gasteiger partial charge in [-0.25, -0.2) is 8.78 Å². The third-order valence-corrected chi connectivity index (χ3v) is 4.14. The van der Waals surface area contributed by atoms with Gasteiger partial charge in [0, 0.05) is 37.2 Å². The number of carbonyl (C=O) groups excluding carboxylic acids is 1. The summed E-state index contributed by atoms with van der Waals surface area (Å²) in [6.45, 7) is 3.13. The van der Waals surface area contributed by atoms with Crippen LogP contribution in [0.5, 0.6) is 0 Å². The Morgan fingerprint density at radius 2 is 1.86 bits per heavy atom. The second-order valence-electron chi connectivity index (χ2n) is 5.87. The quantitative estimate of drug-likeness (QED) is 0.784. The zero-order valence-electron chi connectivity index (χ0n) is 11.9. The fourth-order valence-corrected chi connectivity index (χ4v) is 3.08. The van der Waals surface area contributed by atoms with Crippen molar-refractivity contribution < 1.29 is 18.3 Å². The minimum absolute atomic E-state index is 0.0658. The van der Waals surface area contributed by atoms with Crippen LogP contribution in [-0.2, 0) is 4.74 Å². The van der Waals surface area contributed by atoms with Crippen molar-refractivity contribution in [1.29, 1.82) is 0 Å². The van der Waals surface area contributed by atoms with E-state index in [0.717, 1.165) is 24.7 Å². The maximum absolute atomic E-state index is 13.3. The van der Waals surface area contributed by atoms with Crippen LogP contribution in [0.1, 0.15) is 10.4 Å². The highest BCUT2D eigenvalue weighted by molar-refractivity contribution is 5.94. The Morgan fingerprint density at radius 3 is 2.57 bits per heavy atom. The van der Waals surface area contributed by atoms with Gasteiger partial charge in [0.25, 0.3) is 5.91 Å². The highest BCUT2D eigenvalue weighted by Gasteiger charge is 2.33. The van der Waals surface area contributed by atoms with E-state index >= 15 is 0 Å². The molecule has 2 aliphatic rings. The highest BCUT2D eigenvalue weighted by Crippen LogP contribution is 2.20. The molecule has 1 aromatic carbocycles. The summed E-state index contributed by atoms with van der Waals surface area (Å²) >= 11 is 0. The summed E-state index contributed by atoms with van der Waals surface area (Å²) in [5, 5.41) is 0. The number of carbonyl (C=O) groups is 1. The Balaban J connectivity index is 1.84. The Bertz CT molecular complexity index is 532. The summed E-state index contributed by atoms with van der Waals surface area (Å²) in [5.41, 5.74) is 0.0658. The smallest absolute Gasteiger partial charge is 0.254 e. The molecule has 1 aromatic rings. The topological polar surface area (TPSA) is 32.8 Å². The van der Waals surface area contributed by atoms with Crippen LogP contribution < -0.4 is 0 Å². The van der Waals surface area contributed by atoms with Crippen LogP contribution in [0.15, 0.2) is 18.2 Å². The van der Waals surface area contributed by atoms with Crippen molar-refractivity contribution in [3.05, 3.63) is 35.4 Å². The molecule has 2 atom stereocenters. The van der Waals surface area contributed by atoms with Crippen molar-refractivity contribution in [3.63, 3.8) is 0 Å². The van der Waals surface area contributed by atoms with Crippen molar-refractivity contribution in [2.24, 2.45) is 5.92 Å². The van der Waals surface area contributed by atoms with Crippen LogP contribution in [-0.4, -0.2) is 61.6 Å². The van der Waals surface area contributed by atoms with E-state index in [2.05, 4.69) is 4.90 Å². The first-order valence-corrected chi connectivity index (χ1v) is 7.06. The molecule has 0 aromatic heterocycles. The van der Waals surface area contributed by atoms with Crippen LogP contribution in [0.4, 0.5) is 8.78 Å². The lowest BCUT2D eigenvalue weighted by Crippen LogP contribution is -2.44. The van der Waals surface area contributed by atoms with Gasteiger partial charge < -0.3 is 9.64 Å². The Labute approximate surface area is 122 Å². The van der Waals surface area contributed by atoms with Gasteiger partial charge in [0.05, 0.1) is 19.3 Å². The van der Waals surface area contributed by atoms with Crippen LogP contribution in [0, 0.1) is 17.6 Å². The number of hydrogen-bond acceptors (Lipinski definition) is 3. The molecule has 1 amide bonds. The number of likely N-dealkylation sites (N-methyl/N-ethyl adjacent to an activating group) is 1. The summed E-state index contributed by atoms with van der Waals surface area (Å²) in [5.74, 6) is -1.55. The molecule has 0 radical (unpaired) electrons. The second-order valence-corrected chi connectivity index (χ2v) is 5.87. The molecule has 21 heavy (non-hydrogen) atoms. The summed E-state index contributed by atoms with van der Waals surface area (Å²) in [6, 6.07) is 3.08. The molecular formula is C15H18F2N2O2. The first-order chi connectivity index (χ1) is 10.0. The number of rotatable bonds is 1. The lowest BCUT2D eigenvalue weighted by Gasteiger charge is -2.29. The fourth-order valence-electron chi connectivity index (χ4n) is 3.08. The van der Waals surface area contributed by atoms with Crippen LogP contribution >= 0.6 is 0 Å². The molecule has 4 nitrogen and oxygen atoms in total. The molecule has 0 spiro atoms. The van der Waals surface area contributed by atoms with E-state index in [4.69, 9.17) is 4.74 Å². The molecule has 0 unspecified atom stereocenters. The van der Waals surface area contributed by atoms with Gasteiger partial charge in [-0.2, -0.15) is 0 Å². The molecule has 0 aliphatic carbocycles. The number of benzene rings is 1. The Hall–Kier alpha value is -1.53. The Kier molecular flexibility index (Phi) is 3.91. The SMILES string of the molecule is CN1C[C@H]2COC[C@@H]1CN(C(=O)c1cc(F)cc(F)c1)C2. The number of halogens is 2. The van der Waals surface area contributed by atoms with Crippen molar-refractivity contribution in [1.82, 2.24) is 9.80 Å². The minimum Gasteiger partial charge on any atom is -0.379 e. The first kappa shape index (κ1) is 14.4. The molecule has 2 saturated heterocycles. The van der Waals surface area contributed by atoms with E-state index in [0.29, 0.717) is 26.3 Å². The zero-order chi connectivity index (χ0) is 15.0. The molecule has 0 N–H and O–H groups in total. The molecule has 3 rings (SSSR count). The maximum atomic E-state index is 13.3. The third-order valence-electron chi connectivity index (χ3n) is 4.14. The third kappa shape index (κ3) is 3.06. The van der Waals surface area contributed by atoms with Gasteiger partial charge in [-0.15, -0.1) is 0 Å². The monoisotopic (exact) mass is 296 g/mol. The standard InChI is InChI=1S/C15H18F2N2O2/c1-18-5-10-6-19(7-14(18)9-21-8-10)15(20)11-2-12(16)4-13(17)3-11/h2-4,10,14H,5-9H2,1H3/t10-,14+/m1/s1. The summed E-state index contributed by atoms with van der Waals surface area (Å²) in [7, 11) is 2.02. The first-order valence-electron chi connectivity index (χ1n) is 7.06. The van der Waals surface area contributed by atoms with E-state index in [9.17, 15) is 13.6 Å². The number of amides is 1. The van der Waals surface area contributed by atoms with Gasteiger partial charge in [-0.1, -0.05) is 0 Å². The van der Waals surface area contributed by atoms with Crippen LogP contribution in [0.3, 0.4) is 0 Å². The van der Waals surface area contributed by atoms with Crippen molar-refractivity contribution in [2.75, 3.05) is 39.9 Å². The van der Waals surface area contributed by atoms with E-state index < -0.39 is 11.6 Å². The average molecular weight is 296 g/mol. The van der Waals surface area contributed by atoms with Gasteiger partial charge in [0.15, 0.2) is 0 Å². The average Bonchev–Trinajstić information content (AvgIpc) is 2.65. The summed E-state index contributed by atoms with van der Waals surface area (Å²) in [6.07, 6.45) is 0.